The number of benzene rings is 1. The van der Waals surface area contributed by atoms with E-state index >= 15 is 0 Å². The quantitative estimate of drug-likeness (QED) is 0.531. The normalized spacial score (nSPS) is 17.0. The number of aromatic amines is 1. The van der Waals surface area contributed by atoms with E-state index in [1.165, 1.54) is 11.1 Å². The fraction of sp³-hybridized carbons (Fsp3) is 0.318. The molecule has 5 rings (SSSR count). The lowest BCUT2D eigenvalue weighted by atomic mass is 10.0. The molecule has 1 atom stereocenters. The van der Waals surface area contributed by atoms with Gasteiger partial charge in [0.1, 0.15) is 5.82 Å². The number of nitrogens with zero attached hydrogens (tertiary/aromatic N) is 5. The van der Waals surface area contributed by atoms with Crippen molar-refractivity contribution in [3.8, 4) is 23.0 Å². The van der Waals surface area contributed by atoms with Gasteiger partial charge >= 0.3 is 0 Å². The molecule has 3 aromatic heterocycles. The van der Waals surface area contributed by atoms with Crippen LogP contribution in [0.25, 0.3) is 23.0 Å². The highest BCUT2D eigenvalue weighted by Gasteiger charge is 2.21. The topological polar surface area (TPSA) is 102 Å². The molecule has 1 aliphatic heterocycles. The number of nitrogens with one attached hydrogen (secondary N) is 1. The van der Waals surface area contributed by atoms with Crippen LogP contribution in [0.5, 0.6) is 0 Å². The molecule has 1 unspecified atom stereocenters. The molecule has 0 saturated carbocycles. The van der Waals surface area contributed by atoms with Crippen LogP contribution >= 0.6 is 0 Å². The van der Waals surface area contributed by atoms with Crippen molar-refractivity contribution in [3.63, 3.8) is 0 Å². The first-order valence-electron chi connectivity index (χ1n) is 10.3. The zero-order valence-electron chi connectivity index (χ0n) is 17.0. The average Bonchev–Trinajstić information content (AvgIpc) is 3.48. The van der Waals surface area contributed by atoms with Gasteiger partial charge in [0.05, 0.1) is 24.6 Å². The van der Waals surface area contributed by atoms with Crippen molar-refractivity contribution in [1.29, 1.82) is 0 Å². The van der Waals surface area contributed by atoms with Crippen molar-refractivity contribution in [2.75, 3.05) is 18.8 Å². The highest BCUT2D eigenvalue weighted by molar-refractivity contribution is 5.68. The lowest BCUT2D eigenvalue weighted by molar-refractivity contribution is 0.206. The summed E-state index contributed by atoms with van der Waals surface area (Å²) in [6.07, 6.45) is 5.48. The monoisotopic (exact) mass is 403 g/mol. The third-order valence-corrected chi connectivity index (χ3v) is 5.89. The number of H-pyrrole nitrogens is 1. The summed E-state index contributed by atoms with van der Waals surface area (Å²) in [6, 6.07) is 12.9. The Bertz CT molecular complexity index is 1130. The third kappa shape index (κ3) is 3.50. The van der Waals surface area contributed by atoms with Crippen molar-refractivity contribution >= 4 is 5.82 Å². The van der Waals surface area contributed by atoms with Gasteiger partial charge in [-0.3, -0.25) is 10.00 Å². The van der Waals surface area contributed by atoms with E-state index in [9.17, 15) is 0 Å². The molecule has 8 heteroatoms. The van der Waals surface area contributed by atoms with E-state index < -0.39 is 0 Å². The second-order valence-electron chi connectivity index (χ2n) is 7.76. The number of nitrogens with two attached hydrogens (primary N) is 1. The molecule has 1 aromatic carbocycles. The predicted molar refractivity (Wildman–Crippen MR) is 115 cm³/mol. The maximum atomic E-state index is 6.38. The Labute approximate surface area is 174 Å². The Morgan fingerprint density at radius 3 is 2.87 bits per heavy atom. The first kappa shape index (κ1) is 18.6. The van der Waals surface area contributed by atoms with Crippen LogP contribution in [-0.2, 0) is 19.4 Å². The number of anilines is 1. The Balaban J connectivity index is 1.27. The van der Waals surface area contributed by atoms with Crippen molar-refractivity contribution in [1.82, 2.24) is 29.9 Å². The van der Waals surface area contributed by atoms with E-state index in [0.717, 1.165) is 38.0 Å². The van der Waals surface area contributed by atoms with E-state index in [2.05, 4.69) is 56.4 Å². The Hall–Kier alpha value is -3.39. The van der Waals surface area contributed by atoms with Crippen LogP contribution in [0, 0.1) is 0 Å². The van der Waals surface area contributed by atoms with Crippen LogP contribution in [-0.4, -0.2) is 49.0 Å². The maximum Gasteiger partial charge on any atom is 0.192 e. The first-order valence-corrected chi connectivity index (χ1v) is 10.3. The largest absolute Gasteiger partial charge is 0.461 e. The molecule has 0 fully saturated rings. The molecular weight excluding hydrogens is 378 g/mol. The van der Waals surface area contributed by atoms with E-state index in [4.69, 9.17) is 10.2 Å². The number of fused-ring (bicyclic) bond motifs is 1. The minimum atomic E-state index is 0.480. The van der Waals surface area contributed by atoms with Crippen LogP contribution in [0.3, 0.4) is 0 Å². The van der Waals surface area contributed by atoms with Crippen LogP contribution < -0.4 is 5.73 Å². The number of hydrogen-bond donors (Lipinski definition) is 2. The molecule has 8 nitrogen and oxygen atoms in total. The van der Waals surface area contributed by atoms with Gasteiger partial charge in [0.25, 0.3) is 0 Å². The second-order valence-corrected chi connectivity index (χ2v) is 7.76. The van der Waals surface area contributed by atoms with Crippen molar-refractivity contribution in [2.24, 2.45) is 0 Å². The highest BCUT2D eigenvalue weighted by Crippen LogP contribution is 2.25. The molecule has 0 spiro atoms. The van der Waals surface area contributed by atoms with Crippen LogP contribution in [0.2, 0.25) is 0 Å². The second kappa shape index (κ2) is 7.79. The van der Waals surface area contributed by atoms with E-state index in [1.807, 2.05) is 16.8 Å². The van der Waals surface area contributed by atoms with E-state index in [-0.39, 0.29) is 0 Å². The summed E-state index contributed by atoms with van der Waals surface area (Å²) in [5.74, 6) is 2.30. The van der Waals surface area contributed by atoms with Crippen molar-refractivity contribution < 1.29 is 4.42 Å². The smallest absolute Gasteiger partial charge is 0.192 e. The molecule has 0 bridgehead atoms. The number of furan rings is 1. The van der Waals surface area contributed by atoms with Gasteiger partial charge in [-0.2, -0.15) is 10.2 Å². The van der Waals surface area contributed by atoms with Crippen molar-refractivity contribution in [3.05, 3.63) is 60.0 Å². The zero-order valence-corrected chi connectivity index (χ0v) is 17.0. The van der Waals surface area contributed by atoms with Crippen LogP contribution in [0.15, 0.2) is 53.3 Å². The minimum absolute atomic E-state index is 0.480. The van der Waals surface area contributed by atoms with Gasteiger partial charge in [-0.05, 0) is 43.0 Å². The molecule has 1 aliphatic rings. The molecule has 4 aromatic rings. The van der Waals surface area contributed by atoms with Gasteiger partial charge in [-0.1, -0.05) is 24.3 Å². The van der Waals surface area contributed by atoms with Crippen LogP contribution in [0.1, 0.15) is 18.1 Å². The molecule has 0 aliphatic carbocycles. The molecule has 3 N–H and O–H groups in total. The lowest BCUT2D eigenvalue weighted by Gasteiger charge is -2.27. The SMILES string of the molecule is CC1Cc2ccccc2CCN1CCn1ncc(-c2n[nH]c(-c3ccco3)n2)c1N. The molecule has 154 valence electrons. The Morgan fingerprint density at radius 1 is 1.17 bits per heavy atom. The van der Waals surface area contributed by atoms with E-state index in [0.29, 0.717) is 29.3 Å². The summed E-state index contributed by atoms with van der Waals surface area (Å²) in [6.45, 7) is 4.96. The molecular formula is C22H25N7O. The van der Waals surface area contributed by atoms with Gasteiger partial charge in [0.15, 0.2) is 17.4 Å². The highest BCUT2D eigenvalue weighted by atomic mass is 16.3. The van der Waals surface area contributed by atoms with Gasteiger partial charge in [-0.25, -0.2) is 9.67 Å². The number of rotatable bonds is 5. The van der Waals surface area contributed by atoms with Gasteiger partial charge in [0, 0.05) is 19.1 Å². The minimum Gasteiger partial charge on any atom is -0.461 e. The van der Waals surface area contributed by atoms with Gasteiger partial charge in [-0.15, -0.1) is 0 Å². The number of aromatic nitrogens is 5. The average molecular weight is 403 g/mol. The molecule has 30 heavy (non-hydrogen) atoms. The first-order chi connectivity index (χ1) is 14.7. The Kier molecular flexibility index (Phi) is 4.84. The molecule has 0 amide bonds. The third-order valence-electron chi connectivity index (χ3n) is 5.89. The summed E-state index contributed by atoms with van der Waals surface area (Å²) >= 11 is 0. The molecule has 0 radical (unpaired) electrons. The zero-order chi connectivity index (χ0) is 20.5. The molecule has 4 heterocycles. The Morgan fingerprint density at radius 2 is 2.03 bits per heavy atom. The predicted octanol–water partition coefficient (Wildman–Crippen LogP) is 3.00. The van der Waals surface area contributed by atoms with Gasteiger partial charge < -0.3 is 10.2 Å². The van der Waals surface area contributed by atoms with Crippen molar-refractivity contribution in [2.45, 2.75) is 32.4 Å². The maximum absolute atomic E-state index is 6.38. The fourth-order valence-electron chi connectivity index (χ4n) is 4.14. The molecule has 0 saturated heterocycles. The summed E-state index contributed by atoms with van der Waals surface area (Å²) < 4.78 is 7.20. The van der Waals surface area contributed by atoms with E-state index in [1.54, 1.807) is 12.5 Å². The van der Waals surface area contributed by atoms with Gasteiger partial charge in [0.2, 0.25) is 0 Å². The van der Waals surface area contributed by atoms with Crippen LogP contribution in [0.4, 0.5) is 5.82 Å². The summed E-state index contributed by atoms with van der Waals surface area (Å²) in [5, 5.41) is 11.7. The summed E-state index contributed by atoms with van der Waals surface area (Å²) in [4.78, 5) is 7.01. The fourth-order valence-corrected chi connectivity index (χ4v) is 4.14. The number of nitrogen functional groups attached to an aromatic ring is 1. The standard InChI is InChI=1S/C22H25N7O/c1-15-13-17-6-3-2-5-16(17)8-9-28(15)10-11-29-20(23)18(14-24-29)21-25-22(27-26-21)19-7-4-12-30-19/h2-7,12,14-15H,8-11,13,23H2,1H3,(H,25,26,27). The summed E-state index contributed by atoms with van der Waals surface area (Å²) in [7, 11) is 0. The lowest BCUT2D eigenvalue weighted by Crippen LogP contribution is -2.37. The summed E-state index contributed by atoms with van der Waals surface area (Å²) in [5.41, 5.74) is 10.0. The number of hydrogen-bond acceptors (Lipinski definition) is 6.